The first-order valence-electron chi connectivity index (χ1n) is 7.99. The summed E-state index contributed by atoms with van der Waals surface area (Å²) in [5.41, 5.74) is 1.83. The zero-order valence-electron chi connectivity index (χ0n) is 13.8. The van der Waals surface area contributed by atoms with Crippen LogP contribution in [0.4, 0.5) is 17.6 Å². The van der Waals surface area contributed by atoms with Crippen molar-refractivity contribution < 1.29 is 0 Å². The first-order chi connectivity index (χ1) is 11.7. The molecule has 0 bridgehead atoms. The Labute approximate surface area is 141 Å². The topological polar surface area (TPSA) is 75.6 Å². The number of pyridine rings is 1. The molecule has 1 unspecified atom stereocenters. The van der Waals surface area contributed by atoms with E-state index in [9.17, 15) is 0 Å². The summed E-state index contributed by atoms with van der Waals surface area (Å²) in [6.45, 7) is 4.22. The molecule has 0 radical (unpaired) electrons. The van der Waals surface area contributed by atoms with E-state index in [1.807, 2.05) is 42.5 Å². The number of rotatable bonds is 6. The molecule has 0 aliphatic rings. The van der Waals surface area contributed by atoms with Gasteiger partial charge in [-0.25, -0.2) is 0 Å². The van der Waals surface area contributed by atoms with Crippen LogP contribution in [0.25, 0.3) is 11.4 Å². The predicted octanol–water partition coefficient (Wildman–Crippen LogP) is 3.89. The van der Waals surface area contributed by atoms with Crippen molar-refractivity contribution in [2.24, 2.45) is 0 Å². The van der Waals surface area contributed by atoms with Gasteiger partial charge in [0, 0.05) is 29.7 Å². The summed E-state index contributed by atoms with van der Waals surface area (Å²) in [4.78, 5) is 17.6. The molecule has 6 nitrogen and oxygen atoms in total. The van der Waals surface area contributed by atoms with Crippen LogP contribution in [-0.4, -0.2) is 26.0 Å². The van der Waals surface area contributed by atoms with Crippen LogP contribution in [0, 0.1) is 0 Å². The van der Waals surface area contributed by atoms with Gasteiger partial charge in [0.05, 0.1) is 0 Å². The van der Waals surface area contributed by atoms with Gasteiger partial charge in [0.15, 0.2) is 5.82 Å². The van der Waals surface area contributed by atoms with E-state index in [0.717, 1.165) is 17.7 Å². The van der Waals surface area contributed by atoms with Crippen molar-refractivity contribution in [1.82, 2.24) is 19.9 Å². The Kier molecular flexibility index (Phi) is 4.96. The minimum absolute atomic E-state index is 0.282. The zero-order chi connectivity index (χ0) is 16.8. The quantitative estimate of drug-likeness (QED) is 0.717. The Morgan fingerprint density at radius 2 is 1.62 bits per heavy atom. The second kappa shape index (κ2) is 7.50. The van der Waals surface area contributed by atoms with Gasteiger partial charge in [-0.05, 0) is 25.5 Å². The number of hydrogen-bond donors (Lipinski definition) is 2. The second-order valence-electron chi connectivity index (χ2n) is 5.49. The lowest BCUT2D eigenvalue weighted by atomic mass is 10.2. The third kappa shape index (κ3) is 4.04. The zero-order valence-corrected chi connectivity index (χ0v) is 13.8. The standard InChI is InChI=1S/C18H20N6/c1-3-13(2)20-17-22-16(14-7-5-4-6-8-14)23-18(24-17)21-15-9-11-19-12-10-15/h4-13H,3H2,1-2H3,(H2,19,20,21,22,23,24). The highest BCUT2D eigenvalue weighted by atomic mass is 15.2. The van der Waals surface area contributed by atoms with Crippen molar-refractivity contribution in [3.8, 4) is 11.4 Å². The number of nitrogens with zero attached hydrogens (tertiary/aromatic N) is 4. The van der Waals surface area contributed by atoms with Crippen LogP contribution < -0.4 is 10.6 Å². The first-order valence-corrected chi connectivity index (χ1v) is 7.99. The highest BCUT2D eigenvalue weighted by Gasteiger charge is 2.10. The van der Waals surface area contributed by atoms with E-state index in [0.29, 0.717) is 17.7 Å². The molecular formula is C18H20N6. The fourth-order valence-electron chi connectivity index (χ4n) is 2.10. The summed E-state index contributed by atoms with van der Waals surface area (Å²) < 4.78 is 0. The molecule has 2 N–H and O–H groups in total. The Hall–Kier alpha value is -3.02. The second-order valence-corrected chi connectivity index (χ2v) is 5.49. The maximum atomic E-state index is 4.55. The van der Waals surface area contributed by atoms with E-state index in [-0.39, 0.29) is 6.04 Å². The summed E-state index contributed by atoms with van der Waals surface area (Å²) in [5.74, 6) is 1.70. The summed E-state index contributed by atoms with van der Waals surface area (Å²) in [6, 6.07) is 13.9. The van der Waals surface area contributed by atoms with Crippen molar-refractivity contribution >= 4 is 17.6 Å². The van der Waals surface area contributed by atoms with Gasteiger partial charge in [0.25, 0.3) is 0 Å². The molecule has 1 aromatic carbocycles. The third-order valence-electron chi connectivity index (χ3n) is 3.59. The molecule has 0 fully saturated rings. The summed E-state index contributed by atoms with van der Waals surface area (Å²) in [5, 5.41) is 6.52. The van der Waals surface area contributed by atoms with Crippen LogP contribution in [0.1, 0.15) is 20.3 Å². The smallest absolute Gasteiger partial charge is 0.232 e. The first kappa shape index (κ1) is 15.9. The van der Waals surface area contributed by atoms with Crippen LogP contribution >= 0.6 is 0 Å². The van der Waals surface area contributed by atoms with Gasteiger partial charge in [0.2, 0.25) is 11.9 Å². The number of anilines is 3. The molecule has 0 saturated carbocycles. The van der Waals surface area contributed by atoms with Crippen LogP contribution in [0.15, 0.2) is 54.9 Å². The highest BCUT2D eigenvalue weighted by molar-refractivity contribution is 5.60. The summed E-state index contributed by atoms with van der Waals surface area (Å²) in [7, 11) is 0. The molecule has 0 saturated heterocycles. The molecule has 3 aromatic rings. The van der Waals surface area contributed by atoms with E-state index in [1.54, 1.807) is 12.4 Å². The molecular weight excluding hydrogens is 300 g/mol. The van der Waals surface area contributed by atoms with E-state index in [1.165, 1.54) is 0 Å². The number of hydrogen-bond acceptors (Lipinski definition) is 6. The van der Waals surface area contributed by atoms with Gasteiger partial charge in [-0.1, -0.05) is 37.3 Å². The molecule has 0 spiro atoms. The summed E-state index contributed by atoms with van der Waals surface area (Å²) >= 11 is 0. The third-order valence-corrected chi connectivity index (χ3v) is 3.59. The van der Waals surface area contributed by atoms with Gasteiger partial charge in [-0.15, -0.1) is 0 Å². The van der Waals surface area contributed by atoms with Gasteiger partial charge in [-0.3, -0.25) is 4.98 Å². The molecule has 0 aliphatic heterocycles. The molecule has 0 aliphatic carbocycles. The average molecular weight is 320 g/mol. The van der Waals surface area contributed by atoms with Gasteiger partial charge < -0.3 is 10.6 Å². The van der Waals surface area contributed by atoms with Crippen LogP contribution in [0.5, 0.6) is 0 Å². The molecule has 1 atom stereocenters. The van der Waals surface area contributed by atoms with Crippen molar-refractivity contribution in [1.29, 1.82) is 0 Å². The molecule has 2 heterocycles. The normalized spacial score (nSPS) is 11.8. The Bertz CT molecular complexity index is 776. The van der Waals surface area contributed by atoms with E-state index in [2.05, 4.69) is 44.4 Å². The highest BCUT2D eigenvalue weighted by Crippen LogP contribution is 2.20. The molecule has 122 valence electrons. The Morgan fingerprint density at radius 3 is 2.33 bits per heavy atom. The van der Waals surface area contributed by atoms with Crippen LogP contribution in [0.3, 0.4) is 0 Å². The maximum Gasteiger partial charge on any atom is 0.232 e. The van der Waals surface area contributed by atoms with Crippen LogP contribution in [-0.2, 0) is 0 Å². The summed E-state index contributed by atoms with van der Waals surface area (Å²) in [6.07, 6.45) is 4.43. The van der Waals surface area contributed by atoms with Crippen molar-refractivity contribution in [3.05, 3.63) is 54.9 Å². The molecule has 6 heteroatoms. The lowest BCUT2D eigenvalue weighted by Crippen LogP contribution is -2.17. The largest absolute Gasteiger partial charge is 0.352 e. The minimum atomic E-state index is 0.282. The predicted molar refractivity (Wildman–Crippen MR) is 96.2 cm³/mol. The monoisotopic (exact) mass is 320 g/mol. The van der Waals surface area contributed by atoms with E-state index in [4.69, 9.17) is 0 Å². The SMILES string of the molecule is CCC(C)Nc1nc(Nc2ccncc2)nc(-c2ccccc2)n1. The minimum Gasteiger partial charge on any atom is -0.352 e. The molecule has 2 aromatic heterocycles. The van der Waals surface area contributed by atoms with Gasteiger partial charge in [-0.2, -0.15) is 15.0 Å². The lowest BCUT2D eigenvalue weighted by Gasteiger charge is -2.13. The maximum absolute atomic E-state index is 4.55. The number of aromatic nitrogens is 4. The number of nitrogens with one attached hydrogen (secondary N) is 2. The molecule has 0 amide bonds. The average Bonchev–Trinajstić information content (AvgIpc) is 2.63. The van der Waals surface area contributed by atoms with Crippen molar-refractivity contribution in [2.45, 2.75) is 26.3 Å². The fraction of sp³-hybridized carbons (Fsp3) is 0.222. The van der Waals surface area contributed by atoms with Gasteiger partial charge in [0.1, 0.15) is 0 Å². The fourth-order valence-corrected chi connectivity index (χ4v) is 2.10. The van der Waals surface area contributed by atoms with Crippen molar-refractivity contribution in [2.75, 3.05) is 10.6 Å². The van der Waals surface area contributed by atoms with E-state index < -0.39 is 0 Å². The Morgan fingerprint density at radius 1 is 0.917 bits per heavy atom. The molecule has 24 heavy (non-hydrogen) atoms. The Balaban J connectivity index is 1.96. The van der Waals surface area contributed by atoms with E-state index >= 15 is 0 Å². The van der Waals surface area contributed by atoms with Crippen molar-refractivity contribution in [3.63, 3.8) is 0 Å². The lowest BCUT2D eigenvalue weighted by molar-refractivity contribution is 0.751. The number of benzene rings is 1. The van der Waals surface area contributed by atoms with Crippen LogP contribution in [0.2, 0.25) is 0 Å². The van der Waals surface area contributed by atoms with Gasteiger partial charge >= 0.3 is 0 Å². The molecule has 3 rings (SSSR count).